The van der Waals surface area contributed by atoms with Crippen LogP contribution in [0.25, 0.3) is 0 Å². The van der Waals surface area contributed by atoms with Crippen molar-refractivity contribution in [2.24, 2.45) is 5.16 Å². The number of alkyl halides is 1. The molecule has 1 fully saturated rings. The van der Waals surface area contributed by atoms with Crippen molar-refractivity contribution in [2.45, 2.75) is 32.0 Å². The molecule has 0 radical (unpaired) electrons. The van der Waals surface area contributed by atoms with Crippen LogP contribution in [0.4, 0.5) is 9.18 Å². The number of nitriles is 1. The van der Waals surface area contributed by atoms with Crippen molar-refractivity contribution in [1.29, 1.82) is 5.26 Å². The number of hydrogen-bond acceptors (Lipinski definition) is 14. The summed E-state index contributed by atoms with van der Waals surface area (Å²) >= 11 is 0. The summed E-state index contributed by atoms with van der Waals surface area (Å²) in [7, 11) is 0. The van der Waals surface area contributed by atoms with Gasteiger partial charge in [0.15, 0.2) is 6.10 Å². The fraction of sp³-hybridized carbons (Fsp3) is 0.214. The van der Waals surface area contributed by atoms with Crippen molar-refractivity contribution in [3.8, 4) is 17.8 Å². The van der Waals surface area contributed by atoms with Gasteiger partial charge in [-0.2, -0.15) is 19.5 Å². The Labute approximate surface area is 252 Å². The summed E-state index contributed by atoms with van der Waals surface area (Å²) in [6.07, 6.45) is 0.242. The van der Waals surface area contributed by atoms with E-state index in [1.54, 1.807) is 12.0 Å². The molecule has 0 aliphatic carbocycles. The summed E-state index contributed by atoms with van der Waals surface area (Å²) in [5.41, 5.74) is -0.868. The minimum Gasteiger partial charge on any atom is -0.487 e. The number of urea groups is 1. The Morgan fingerprint density at radius 2 is 1.98 bits per heavy atom. The molecule has 0 saturated carbocycles. The third kappa shape index (κ3) is 6.72. The molecule has 4 rings (SSSR count). The number of hydrogen-bond donors (Lipinski definition) is 1. The second-order valence-electron chi connectivity index (χ2n) is 8.81. The summed E-state index contributed by atoms with van der Waals surface area (Å²) in [5.74, 6) is -7.57. The second-order valence-corrected chi connectivity index (χ2v) is 8.81. The topological polar surface area (TPSA) is 213 Å². The van der Waals surface area contributed by atoms with E-state index in [1.165, 1.54) is 43.5 Å². The third-order valence-corrected chi connectivity index (χ3v) is 5.84. The van der Waals surface area contributed by atoms with E-state index in [4.69, 9.17) is 23.8 Å². The molecule has 0 bridgehead atoms. The van der Waals surface area contributed by atoms with Gasteiger partial charge in [-0.25, -0.2) is 14.4 Å². The van der Waals surface area contributed by atoms with Crippen LogP contribution < -0.4 is 14.8 Å². The molecule has 230 valence electrons. The van der Waals surface area contributed by atoms with E-state index in [0.29, 0.717) is 0 Å². The largest absolute Gasteiger partial charge is 0.487 e. The van der Waals surface area contributed by atoms with E-state index in [0.717, 1.165) is 25.3 Å². The molecule has 3 unspecified atom stereocenters. The third-order valence-electron chi connectivity index (χ3n) is 5.84. The molecule has 4 amide bonds. The van der Waals surface area contributed by atoms with Gasteiger partial charge in [-0.1, -0.05) is 11.2 Å². The minimum absolute atomic E-state index is 0.0441. The molecule has 3 heterocycles. The summed E-state index contributed by atoms with van der Waals surface area (Å²) in [4.78, 5) is 83.0. The van der Waals surface area contributed by atoms with Gasteiger partial charge in [-0.3, -0.25) is 19.7 Å². The van der Waals surface area contributed by atoms with Crippen molar-refractivity contribution in [2.75, 3.05) is 6.61 Å². The summed E-state index contributed by atoms with van der Waals surface area (Å²) in [5, 5.41) is 14.8. The number of aromatic nitrogens is 1. The van der Waals surface area contributed by atoms with Crippen LogP contribution in [0.2, 0.25) is 0 Å². The van der Waals surface area contributed by atoms with Gasteiger partial charge in [0.2, 0.25) is 11.8 Å². The fourth-order valence-corrected chi connectivity index (χ4v) is 3.82. The average Bonchev–Trinajstić information content (AvgIpc) is 3.47. The molecule has 3 atom stereocenters. The lowest BCUT2D eigenvalue weighted by atomic mass is 10.1. The summed E-state index contributed by atoms with van der Waals surface area (Å²) < 4.78 is 36.0. The molecule has 45 heavy (non-hydrogen) atoms. The van der Waals surface area contributed by atoms with Gasteiger partial charge < -0.3 is 23.8 Å². The number of benzene rings is 1. The van der Waals surface area contributed by atoms with Crippen molar-refractivity contribution in [1.82, 2.24) is 15.2 Å². The molecule has 1 aromatic carbocycles. The van der Waals surface area contributed by atoms with Crippen LogP contribution in [0.15, 0.2) is 59.5 Å². The number of pyridine rings is 1. The first-order valence-electron chi connectivity index (χ1n) is 12.7. The van der Waals surface area contributed by atoms with Crippen LogP contribution in [0.3, 0.4) is 0 Å². The van der Waals surface area contributed by atoms with Gasteiger partial charge in [-0.15, -0.1) is 0 Å². The predicted molar refractivity (Wildman–Crippen MR) is 143 cm³/mol. The zero-order valence-electron chi connectivity index (χ0n) is 23.2. The number of nitrogens with zero attached hydrogens (tertiary/aromatic N) is 4. The van der Waals surface area contributed by atoms with Crippen LogP contribution >= 0.6 is 0 Å². The van der Waals surface area contributed by atoms with Crippen molar-refractivity contribution >= 4 is 41.9 Å². The molecule has 1 saturated heterocycles. The highest BCUT2D eigenvalue weighted by Crippen LogP contribution is 2.29. The van der Waals surface area contributed by atoms with Crippen LogP contribution in [0.5, 0.6) is 11.8 Å². The smallest absolute Gasteiger partial charge is 0.348 e. The highest BCUT2D eigenvalue weighted by Gasteiger charge is 2.60. The van der Waals surface area contributed by atoms with Gasteiger partial charge in [-0.05, 0) is 37.3 Å². The maximum absolute atomic E-state index is 16.0. The number of ether oxygens (including phenoxy) is 4. The monoisotopic (exact) mass is 621 g/mol. The number of carbonyl (C=O) groups excluding carboxylic acids is 6. The van der Waals surface area contributed by atoms with Crippen molar-refractivity contribution < 1.29 is 56.9 Å². The Morgan fingerprint density at radius 3 is 2.67 bits per heavy atom. The molecule has 2 aliphatic rings. The Morgan fingerprint density at radius 1 is 1.22 bits per heavy atom. The maximum Gasteiger partial charge on any atom is 0.348 e. The Kier molecular flexibility index (Phi) is 9.42. The normalized spacial score (nSPS) is 20.6. The molecular formula is C28H20FN5O11. The number of oxime groups is 1. The van der Waals surface area contributed by atoms with Crippen LogP contribution in [-0.2, 0) is 28.7 Å². The molecule has 0 spiro atoms. The lowest BCUT2D eigenvalue weighted by molar-refractivity contribution is -0.232. The molecule has 17 heteroatoms. The number of imide groups is 3. The molecule has 1 N–H and O–H groups in total. The second kappa shape index (κ2) is 13.4. The van der Waals surface area contributed by atoms with E-state index in [2.05, 4.69) is 10.1 Å². The number of halogens is 1. The highest BCUT2D eigenvalue weighted by molar-refractivity contribution is 6.19. The van der Waals surface area contributed by atoms with Crippen LogP contribution in [0.1, 0.15) is 40.1 Å². The lowest BCUT2D eigenvalue weighted by Gasteiger charge is -2.38. The number of amides is 4. The highest BCUT2D eigenvalue weighted by atomic mass is 19.2. The molecular weight excluding hydrogens is 601 g/mol. The quantitative estimate of drug-likeness (QED) is 0.138. The standard InChI is InChI=1S/C28H20FN5O11/c1-3-42-28(29)25(45-31-13-20-19(14-35)9-10-41-20)33-27(40)34(26(28)39)23(37)16-5-4-6-17(11-16)24(38)44-22-18(12-30)7-8-21(32-22)43-15(2)36/h4-11,13,20,25H,3H2,1-2H3,(H,33,40). The van der Waals surface area contributed by atoms with Gasteiger partial charge in [0.1, 0.15) is 17.6 Å². The Bertz CT molecular complexity index is 1730. The van der Waals surface area contributed by atoms with Crippen molar-refractivity contribution in [3.63, 3.8) is 0 Å². The molecule has 2 aliphatic heterocycles. The van der Waals surface area contributed by atoms with Crippen LogP contribution in [0, 0.1) is 11.3 Å². The van der Waals surface area contributed by atoms with Crippen LogP contribution in [-0.4, -0.2) is 76.6 Å². The average molecular weight is 621 g/mol. The Hall–Kier alpha value is -6.24. The summed E-state index contributed by atoms with van der Waals surface area (Å²) in [6, 6.07) is 7.21. The van der Waals surface area contributed by atoms with Gasteiger partial charge in [0.25, 0.3) is 12.1 Å². The maximum atomic E-state index is 16.0. The first-order valence-corrected chi connectivity index (χ1v) is 12.7. The Balaban J connectivity index is 1.54. The van der Waals surface area contributed by atoms with E-state index >= 15 is 4.39 Å². The number of nitrogens with one attached hydrogen (secondary N) is 1. The van der Waals surface area contributed by atoms with E-state index in [9.17, 15) is 34.0 Å². The zero-order chi connectivity index (χ0) is 32.7. The minimum atomic E-state index is -3.45. The van der Waals surface area contributed by atoms with Gasteiger partial charge >= 0.3 is 29.7 Å². The molecule has 1 aromatic heterocycles. The first kappa shape index (κ1) is 31.7. The number of rotatable bonds is 9. The number of esters is 2. The zero-order valence-corrected chi connectivity index (χ0v) is 23.2. The number of carbonyl (C=O) groups is 5. The van der Waals surface area contributed by atoms with Gasteiger partial charge in [0.05, 0.1) is 23.6 Å². The van der Waals surface area contributed by atoms with Crippen molar-refractivity contribution in [3.05, 3.63) is 71.0 Å². The van der Waals surface area contributed by atoms with E-state index in [-0.39, 0.29) is 27.5 Å². The lowest BCUT2D eigenvalue weighted by Crippen LogP contribution is -2.70. The predicted octanol–water partition coefficient (Wildman–Crippen LogP) is 1.49. The van der Waals surface area contributed by atoms with Gasteiger partial charge in [0, 0.05) is 25.2 Å². The summed E-state index contributed by atoms with van der Waals surface area (Å²) in [6.45, 7) is 2.04. The van der Waals surface area contributed by atoms with E-state index in [1.807, 2.05) is 5.32 Å². The molecule has 2 aromatic rings. The fourth-order valence-electron chi connectivity index (χ4n) is 3.82. The van der Waals surface area contributed by atoms with E-state index < -0.39 is 66.0 Å². The molecule has 16 nitrogen and oxygen atoms in total. The SMILES string of the molecule is CCOC1(F)C(=O)N(C(=O)c2cccc(C(=O)Oc3nc(OC(C)=O)ccc3C#N)c2)C(=O)NC1ON=CC1OC=CC1=C=O. The first-order chi connectivity index (χ1) is 21.5.